The first-order valence-corrected chi connectivity index (χ1v) is 12.2. The van der Waals surface area contributed by atoms with Crippen LogP contribution in [0.4, 0.5) is 5.69 Å². The summed E-state index contributed by atoms with van der Waals surface area (Å²) in [7, 11) is 0. The van der Waals surface area contributed by atoms with E-state index in [4.69, 9.17) is 9.98 Å². The number of thioether (sulfide) groups is 1. The number of hydrogen-bond acceptors (Lipinski definition) is 5. The number of amides is 2. The largest absolute Gasteiger partial charge is 0.353 e. The van der Waals surface area contributed by atoms with Crippen molar-refractivity contribution in [2.45, 2.75) is 50.6 Å². The molecule has 5 rings (SSSR count). The number of para-hydroxylation sites is 1. The second kappa shape index (κ2) is 9.28. The van der Waals surface area contributed by atoms with Gasteiger partial charge < -0.3 is 5.32 Å². The first-order chi connectivity index (χ1) is 15.7. The fourth-order valence-corrected chi connectivity index (χ4v) is 5.33. The van der Waals surface area contributed by atoms with Crippen molar-refractivity contribution in [1.29, 1.82) is 0 Å². The summed E-state index contributed by atoms with van der Waals surface area (Å²) in [5.41, 5.74) is 2.71. The zero-order valence-electron chi connectivity index (χ0n) is 17.9. The summed E-state index contributed by atoms with van der Waals surface area (Å²) in [6, 6.07) is 17.4. The summed E-state index contributed by atoms with van der Waals surface area (Å²) in [6.07, 6.45) is 6.24. The Kier molecular flexibility index (Phi) is 6.08. The van der Waals surface area contributed by atoms with Gasteiger partial charge in [-0.05, 0) is 30.5 Å². The van der Waals surface area contributed by atoms with Gasteiger partial charge in [0.2, 0.25) is 5.91 Å². The van der Waals surface area contributed by atoms with Gasteiger partial charge in [-0.15, -0.1) is 0 Å². The van der Waals surface area contributed by atoms with Gasteiger partial charge in [-0.3, -0.25) is 14.6 Å². The molecule has 7 heteroatoms. The van der Waals surface area contributed by atoms with Crippen molar-refractivity contribution < 1.29 is 9.59 Å². The van der Waals surface area contributed by atoms with Gasteiger partial charge in [-0.25, -0.2) is 9.89 Å². The zero-order chi connectivity index (χ0) is 21.9. The zero-order valence-corrected chi connectivity index (χ0v) is 18.7. The molecule has 2 amide bonds. The molecule has 2 aromatic rings. The van der Waals surface area contributed by atoms with Crippen molar-refractivity contribution in [3.8, 4) is 0 Å². The van der Waals surface area contributed by atoms with E-state index in [9.17, 15) is 9.59 Å². The number of fused-ring (bicyclic) bond motifs is 3. The molecular formula is C25H26N4O2S. The van der Waals surface area contributed by atoms with E-state index >= 15 is 0 Å². The highest BCUT2D eigenvalue weighted by Gasteiger charge is 2.41. The highest BCUT2D eigenvalue weighted by molar-refractivity contribution is 8.14. The van der Waals surface area contributed by atoms with E-state index in [1.54, 1.807) is 4.90 Å². The standard InChI is InChI=1S/C25H26N4O2S/c30-22(26-18-11-5-2-6-12-18)16-32-25-28-20-14-8-7-13-19(20)23-27-21(24(31)29(23)25)15-17-9-3-1-4-10-17/h1,3-4,7-10,13-14,18,21H,2,5-6,11-12,15-16H2,(H,26,30)/t21-/m1/s1. The Balaban J connectivity index is 1.34. The van der Waals surface area contributed by atoms with Crippen LogP contribution < -0.4 is 5.32 Å². The van der Waals surface area contributed by atoms with Gasteiger partial charge in [-0.1, -0.05) is 73.5 Å². The van der Waals surface area contributed by atoms with E-state index in [1.165, 1.54) is 31.0 Å². The van der Waals surface area contributed by atoms with Gasteiger partial charge in [0.1, 0.15) is 11.9 Å². The lowest BCUT2D eigenvalue weighted by Gasteiger charge is -2.26. The molecule has 2 aromatic carbocycles. The SMILES string of the molecule is O=C(CSC1=Nc2ccccc2C2=N[C@H](Cc3ccccc3)C(=O)N12)NC1CCCCC1. The van der Waals surface area contributed by atoms with Crippen LogP contribution in [0.15, 0.2) is 64.6 Å². The van der Waals surface area contributed by atoms with Crippen LogP contribution >= 0.6 is 11.8 Å². The molecule has 0 saturated heterocycles. The minimum absolute atomic E-state index is 0.00516. The molecule has 0 aromatic heterocycles. The molecule has 3 aliphatic rings. The monoisotopic (exact) mass is 446 g/mol. The van der Waals surface area contributed by atoms with Gasteiger partial charge in [0.25, 0.3) is 5.91 Å². The van der Waals surface area contributed by atoms with Crippen LogP contribution in [0.5, 0.6) is 0 Å². The normalized spacial score (nSPS) is 20.3. The van der Waals surface area contributed by atoms with Gasteiger partial charge in [0, 0.05) is 18.0 Å². The second-order valence-corrected chi connectivity index (χ2v) is 9.38. The molecule has 1 N–H and O–H groups in total. The number of nitrogens with zero attached hydrogens (tertiary/aromatic N) is 3. The molecule has 0 radical (unpaired) electrons. The van der Waals surface area contributed by atoms with E-state index in [0.717, 1.165) is 29.7 Å². The van der Waals surface area contributed by atoms with Gasteiger partial charge >= 0.3 is 0 Å². The number of aliphatic imine (C=N–C) groups is 2. The van der Waals surface area contributed by atoms with Crippen molar-refractivity contribution in [2.75, 3.05) is 5.75 Å². The third-order valence-corrected chi connectivity index (χ3v) is 7.06. The Bertz CT molecular complexity index is 1080. The van der Waals surface area contributed by atoms with Crippen LogP contribution in [0.2, 0.25) is 0 Å². The number of hydrogen-bond donors (Lipinski definition) is 1. The molecule has 6 nitrogen and oxygen atoms in total. The predicted octanol–water partition coefficient (Wildman–Crippen LogP) is 4.07. The molecule has 0 unspecified atom stereocenters. The van der Waals surface area contributed by atoms with Crippen LogP contribution in [0, 0.1) is 0 Å². The summed E-state index contributed by atoms with van der Waals surface area (Å²) in [4.78, 5) is 37.0. The third-order valence-electron chi connectivity index (χ3n) is 6.12. The van der Waals surface area contributed by atoms with Crippen LogP contribution in [0.25, 0.3) is 0 Å². The minimum atomic E-state index is -0.486. The van der Waals surface area contributed by atoms with Crippen molar-refractivity contribution in [2.24, 2.45) is 9.98 Å². The van der Waals surface area contributed by atoms with Gasteiger partial charge in [-0.2, -0.15) is 0 Å². The lowest BCUT2D eigenvalue weighted by Crippen LogP contribution is -2.42. The predicted molar refractivity (Wildman–Crippen MR) is 128 cm³/mol. The minimum Gasteiger partial charge on any atom is -0.353 e. The maximum Gasteiger partial charge on any atom is 0.259 e. The van der Waals surface area contributed by atoms with Crippen molar-refractivity contribution in [1.82, 2.24) is 10.2 Å². The maximum atomic E-state index is 13.3. The quantitative estimate of drug-likeness (QED) is 0.752. The number of carbonyl (C=O) groups excluding carboxylic acids is 2. The van der Waals surface area contributed by atoms with Crippen LogP contribution in [-0.4, -0.2) is 45.6 Å². The Morgan fingerprint density at radius 2 is 1.78 bits per heavy atom. The molecule has 2 aliphatic heterocycles. The van der Waals surface area contributed by atoms with E-state index in [0.29, 0.717) is 17.4 Å². The molecule has 164 valence electrons. The summed E-state index contributed by atoms with van der Waals surface area (Å²) in [5, 5.41) is 3.67. The number of benzene rings is 2. The van der Waals surface area contributed by atoms with Crippen molar-refractivity contribution >= 4 is 40.3 Å². The maximum absolute atomic E-state index is 13.3. The first kappa shape index (κ1) is 20.9. The topological polar surface area (TPSA) is 74.1 Å². The fraction of sp³-hybridized carbons (Fsp3) is 0.360. The Morgan fingerprint density at radius 3 is 2.59 bits per heavy atom. The second-order valence-electron chi connectivity index (χ2n) is 8.43. The smallest absolute Gasteiger partial charge is 0.259 e. The number of rotatable bonds is 5. The average Bonchev–Trinajstić information content (AvgIpc) is 3.15. The summed E-state index contributed by atoms with van der Waals surface area (Å²) in [6.45, 7) is 0. The molecule has 1 fully saturated rings. The summed E-state index contributed by atoms with van der Waals surface area (Å²) < 4.78 is 0. The van der Waals surface area contributed by atoms with E-state index < -0.39 is 6.04 Å². The van der Waals surface area contributed by atoms with Crippen molar-refractivity contribution in [3.05, 3.63) is 65.7 Å². The molecule has 32 heavy (non-hydrogen) atoms. The molecule has 2 heterocycles. The fourth-order valence-electron chi connectivity index (χ4n) is 4.52. The van der Waals surface area contributed by atoms with Gasteiger partial charge in [0.15, 0.2) is 5.17 Å². The Hall–Kier alpha value is -2.93. The molecule has 0 spiro atoms. The molecular weight excluding hydrogens is 420 g/mol. The molecule has 1 atom stereocenters. The number of amidine groups is 2. The van der Waals surface area contributed by atoms with Crippen molar-refractivity contribution in [3.63, 3.8) is 0 Å². The number of carbonyl (C=O) groups is 2. The van der Waals surface area contributed by atoms with Crippen LogP contribution in [0.1, 0.15) is 43.2 Å². The first-order valence-electron chi connectivity index (χ1n) is 11.2. The third kappa shape index (κ3) is 4.35. The average molecular weight is 447 g/mol. The highest BCUT2D eigenvalue weighted by atomic mass is 32.2. The van der Waals surface area contributed by atoms with Crippen LogP contribution in [0.3, 0.4) is 0 Å². The molecule has 1 saturated carbocycles. The van der Waals surface area contributed by atoms with Crippen LogP contribution in [-0.2, 0) is 16.0 Å². The lowest BCUT2D eigenvalue weighted by molar-refractivity contribution is -0.124. The highest BCUT2D eigenvalue weighted by Crippen LogP contribution is 2.34. The summed E-state index contributed by atoms with van der Waals surface area (Å²) >= 11 is 1.31. The Morgan fingerprint density at radius 1 is 1.03 bits per heavy atom. The number of nitrogens with one attached hydrogen (secondary N) is 1. The van der Waals surface area contributed by atoms with E-state index in [1.807, 2.05) is 54.6 Å². The lowest BCUT2D eigenvalue weighted by atomic mass is 9.95. The van der Waals surface area contributed by atoms with E-state index in [2.05, 4.69) is 5.32 Å². The Labute approximate surface area is 192 Å². The van der Waals surface area contributed by atoms with E-state index in [-0.39, 0.29) is 23.6 Å². The molecule has 0 bridgehead atoms. The molecule has 1 aliphatic carbocycles. The van der Waals surface area contributed by atoms with Gasteiger partial charge in [0.05, 0.1) is 11.4 Å². The summed E-state index contributed by atoms with van der Waals surface area (Å²) in [5.74, 6) is 0.779.